The predicted molar refractivity (Wildman–Crippen MR) is 266 cm³/mol. The molecule has 0 amide bonds. The molecular formula is C43H77ClN10O11Si3. The summed E-state index contributed by atoms with van der Waals surface area (Å²) in [5.74, 6) is 0.484. The zero-order valence-corrected chi connectivity index (χ0v) is 46.2. The zero-order valence-electron chi connectivity index (χ0n) is 42.5. The lowest BCUT2D eigenvalue weighted by Gasteiger charge is -2.51. The third kappa shape index (κ3) is 10.4. The second-order valence-electron chi connectivity index (χ2n) is 20.0. The highest BCUT2D eigenvalue weighted by atomic mass is 35.6. The molecule has 4 aromatic heterocycles. The lowest BCUT2D eigenvalue weighted by atomic mass is 10.1. The maximum atomic E-state index is 11.6. The number of ether oxygens (including phenoxy) is 4. The van der Waals surface area contributed by atoms with Gasteiger partial charge in [-0.3, -0.25) is 9.13 Å². The Morgan fingerprint density at radius 1 is 0.676 bits per heavy atom. The molecule has 0 radical (unpaired) electrons. The maximum absolute atomic E-state index is 11.6. The Kier molecular flexibility index (Phi) is 18.1. The van der Waals surface area contributed by atoms with Gasteiger partial charge in [0.25, 0.3) is 0 Å². The number of aromatic nitrogens is 8. The van der Waals surface area contributed by atoms with Gasteiger partial charge in [0.1, 0.15) is 36.6 Å². The highest BCUT2D eigenvalue weighted by Crippen LogP contribution is 2.49. The summed E-state index contributed by atoms with van der Waals surface area (Å²) in [7, 11) is -4.20. The molecule has 0 bridgehead atoms. The normalized spacial score (nSPS) is 26.1. The molecule has 7 rings (SSSR count). The van der Waals surface area contributed by atoms with Crippen molar-refractivity contribution < 1.29 is 52.3 Å². The van der Waals surface area contributed by atoms with Crippen LogP contribution in [0.2, 0.25) is 38.8 Å². The summed E-state index contributed by atoms with van der Waals surface area (Å²) in [6, 6.07) is 0. The van der Waals surface area contributed by atoms with Gasteiger partial charge in [0.05, 0.1) is 40.1 Å². The Morgan fingerprint density at radius 2 is 1.10 bits per heavy atom. The van der Waals surface area contributed by atoms with E-state index in [0.29, 0.717) is 39.0 Å². The molecule has 0 aromatic carbocycles. The average Bonchev–Trinajstić information content (AvgIpc) is 4.03. The fourth-order valence-corrected chi connectivity index (χ4v) is 25.2. The van der Waals surface area contributed by atoms with E-state index in [1.54, 1.807) is 10.9 Å². The standard InChI is InChI=1S/C23H41N5O6Si2.C11H15N5O5.C9H21ClSi/c1-12(2)35(13(3)4)31-10-16-19(33-36(34-35,14(5)6)15(7)8)18(29)22(32-16)28-11-25-17-20(28)26-23(24)27-21(17)30-9;1-20-9-5-8(14-11(12)15-9)16(3-13-5)10-7(19)6(18)4(2-17)21-10;1-7(2)11(10,8(3)4)9(5)6/h11-16,18-19,22,29H,10H2,1-9H3,(H2,24,26,27);3-4,6-7,10,17-19H,2H2,1H3,(H2,12,14,15);7-9H,1-6H3/t16-,18-,19-,22-;4-,6-,7-,10-;/m11./s1. The lowest BCUT2D eigenvalue weighted by molar-refractivity contribution is -0.0570. The number of hydrogen-bond donors (Lipinski definition) is 6. The van der Waals surface area contributed by atoms with E-state index >= 15 is 0 Å². The number of hydrogen-bond acceptors (Lipinski definition) is 19. The van der Waals surface area contributed by atoms with Crippen LogP contribution < -0.4 is 20.9 Å². The van der Waals surface area contributed by atoms with Gasteiger partial charge < -0.3 is 63.8 Å². The third-order valence-corrected chi connectivity index (χ3v) is 33.0. The van der Waals surface area contributed by atoms with Crippen LogP contribution in [0.4, 0.5) is 11.9 Å². The van der Waals surface area contributed by atoms with Crippen molar-refractivity contribution >= 4 is 69.8 Å². The van der Waals surface area contributed by atoms with Crippen LogP contribution in [0.25, 0.3) is 22.3 Å². The van der Waals surface area contributed by atoms with Gasteiger partial charge in [-0.25, -0.2) is 9.97 Å². The van der Waals surface area contributed by atoms with Crippen LogP contribution in [0.15, 0.2) is 12.7 Å². The molecular weight excluding hydrogens is 952 g/mol. The van der Waals surface area contributed by atoms with Gasteiger partial charge in [-0.05, 0) is 38.8 Å². The number of halogens is 1. The van der Waals surface area contributed by atoms with E-state index in [2.05, 4.69) is 127 Å². The van der Waals surface area contributed by atoms with Gasteiger partial charge in [0.2, 0.25) is 23.7 Å². The van der Waals surface area contributed by atoms with Gasteiger partial charge in [-0.1, -0.05) is 96.9 Å². The van der Waals surface area contributed by atoms with Crippen LogP contribution >= 0.6 is 11.1 Å². The largest absolute Gasteiger partial charge is 0.479 e. The van der Waals surface area contributed by atoms with Crippen LogP contribution in [-0.4, -0.2) is 148 Å². The summed E-state index contributed by atoms with van der Waals surface area (Å²) in [6.07, 6.45) is -4.25. The van der Waals surface area contributed by atoms with E-state index in [1.807, 2.05) is 0 Å². The molecule has 3 saturated heterocycles. The molecule has 8 atom stereocenters. The lowest BCUT2D eigenvalue weighted by Crippen LogP contribution is -2.65. The fraction of sp³-hybridized carbons (Fsp3) is 0.767. The second kappa shape index (κ2) is 22.1. The van der Waals surface area contributed by atoms with Crippen LogP contribution in [0.1, 0.15) is 109 Å². The van der Waals surface area contributed by atoms with E-state index in [4.69, 9.17) is 59.6 Å². The Balaban J connectivity index is 0.000000226. The van der Waals surface area contributed by atoms with Crippen LogP contribution in [0.5, 0.6) is 11.8 Å². The molecule has 0 saturated carbocycles. The summed E-state index contributed by atoms with van der Waals surface area (Å²) in [4.78, 5) is 24.9. The molecule has 3 aliphatic rings. The number of aliphatic hydroxyl groups is 4. The first-order valence-electron chi connectivity index (χ1n) is 23.5. The van der Waals surface area contributed by atoms with Crippen LogP contribution in [-0.2, 0) is 22.4 Å². The minimum absolute atomic E-state index is 0.0205. The number of fused-ring (bicyclic) bond motifs is 3. The van der Waals surface area contributed by atoms with Crippen LogP contribution in [0, 0.1) is 0 Å². The number of nitrogens with two attached hydrogens (primary N) is 2. The van der Waals surface area contributed by atoms with E-state index in [-0.39, 0.29) is 52.4 Å². The number of imidazole rings is 2. The number of rotatable bonds is 12. The predicted octanol–water partition coefficient (Wildman–Crippen LogP) is 6.06. The Morgan fingerprint density at radius 3 is 1.46 bits per heavy atom. The van der Waals surface area contributed by atoms with Crippen molar-refractivity contribution in [3.8, 4) is 11.8 Å². The van der Waals surface area contributed by atoms with Gasteiger partial charge in [0, 0.05) is 0 Å². The quantitative estimate of drug-likeness (QED) is 0.0694. The Labute approximate surface area is 407 Å². The maximum Gasteiger partial charge on any atom is 0.335 e. The molecule has 3 aliphatic heterocycles. The van der Waals surface area contributed by atoms with E-state index in [9.17, 15) is 15.3 Å². The highest BCUT2D eigenvalue weighted by molar-refractivity contribution is 7.22. The molecule has 0 aliphatic carbocycles. The van der Waals surface area contributed by atoms with Gasteiger partial charge in [-0.15, -0.1) is 0 Å². The first-order valence-corrected chi connectivity index (χ1v) is 30.7. The van der Waals surface area contributed by atoms with Crippen molar-refractivity contribution in [3.63, 3.8) is 0 Å². The topological polar surface area (TPSA) is 285 Å². The number of anilines is 2. The molecule has 68 heavy (non-hydrogen) atoms. The number of nitrogen functional groups attached to an aromatic ring is 2. The van der Waals surface area contributed by atoms with Crippen molar-refractivity contribution in [2.45, 2.75) is 185 Å². The summed E-state index contributed by atoms with van der Waals surface area (Å²) in [5.41, 5.74) is 15.8. The number of nitrogens with zero attached hydrogens (tertiary/aromatic N) is 8. The van der Waals surface area contributed by atoms with Gasteiger partial charge >= 0.3 is 17.1 Å². The Bertz CT molecular complexity index is 2250. The summed E-state index contributed by atoms with van der Waals surface area (Å²) in [5, 5.41) is 40.6. The highest BCUT2D eigenvalue weighted by Gasteiger charge is 2.62. The molecule has 8 N–H and O–H groups in total. The summed E-state index contributed by atoms with van der Waals surface area (Å²) in [6.45, 7) is 30.7. The molecule has 3 fully saturated rings. The molecule has 25 heteroatoms. The van der Waals surface area contributed by atoms with Crippen molar-refractivity contribution in [2.75, 3.05) is 38.9 Å². The smallest absolute Gasteiger partial charge is 0.335 e. The van der Waals surface area contributed by atoms with Crippen LogP contribution in [0.3, 0.4) is 0 Å². The second-order valence-corrected chi connectivity index (χ2v) is 35.9. The Hall–Kier alpha value is -3.12. The fourth-order valence-electron chi connectivity index (χ4n) is 9.95. The molecule has 21 nitrogen and oxygen atoms in total. The molecule has 4 aromatic rings. The number of methoxy groups -OCH3 is 2. The van der Waals surface area contributed by atoms with Crippen molar-refractivity contribution in [1.82, 2.24) is 39.0 Å². The molecule has 0 unspecified atom stereocenters. The minimum Gasteiger partial charge on any atom is -0.479 e. The van der Waals surface area contributed by atoms with E-state index < -0.39 is 80.2 Å². The van der Waals surface area contributed by atoms with E-state index in [1.165, 1.54) is 25.1 Å². The first-order chi connectivity index (χ1) is 31.8. The average molecular weight is 1030 g/mol. The SMILES string of the molecule is CC(C)[Si](Cl)(C(C)C)C(C)C.COc1nc(N)nc2c1ncn2[C@@H]1O[C@@H]2CO[Si](C(C)C)(C(C)C)O[Si](C(C)C)(C(C)C)O[C@H]2[C@H]1O.COc1nc(N)nc2c1ncn2[C@@H]1O[C@H](CO)[C@@H](O)[C@H]1O. The van der Waals surface area contributed by atoms with E-state index in [0.717, 1.165) is 0 Å². The third-order valence-electron chi connectivity index (χ3n) is 13.6. The minimum atomic E-state index is -2.89. The summed E-state index contributed by atoms with van der Waals surface area (Å²) < 4.78 is 46.3. The van der Waals surface area contributed by atoms with Crippen molar-refractivity contribution in [2.24, 2.45) is 0 Å². The van der Waals surface area contributed by atoms with Crippen molar-refractivity contribution in [3.05, 3.63) is 12.7 Å². The van der Waals surface area contributed by atoms with Gasteiger partial charge in [-0.2, -0.15) is 31.0 Å². The molecule has 384 valence electrons. The van der Waals surface area contributed by atoms with Gasteiger partial charge in [0.15, 0.2) is 42.2 Å². The zero-order chi connectivity index (χ0) is 51.0. The molecule has 0 spiro atoms. The molecule has 7 heterocycles. The number of aliphatic hydroxyl groups excluding tert-OH is 4. The van der Waals surface area contributed by atoms with Crippen molar-refractivity contribution in [1.29, 1.82) is 0 Å². The summed E-state index contributed by atoms with van der Waals surface area (Å²) >= 11 is 6.68. The monoisotopic (exact) mass is 1030 g/mol. The first kappa shape index (κ1) is 55.8.